The number of nitrogens with zero attached hydrogens (tertiary/aromatic N) is 8. The van der Waals surface area contributed by atoms with Crippen LogP contribution in [0.5, 0.6) is 0 Å². The van der Waals surface area contributed by atoms with Crippen LogP contribution in [0.3, 0.4) is 0 Å². The zero-order valence-electron chi connectivity index (χ0n) is 12.6. The Labute approximate surface area is 131 Å². The van der Waals surface area contributed by atoms with Gasteiger partial charge in [0, 0.05) is 20.1 Å². The Hall–Kier alpha value is -2.29. The molecule has 0 atom stereocenters. The minimum atomic E-state index is 0.437. The molecule has 1 saturated heterocycles. The SMILES string of the molecule is Cc1nnc(N(C)C2CN(c3ccc4nnc(C)n4n3)C2)s1. The highest BCUT2D eigenvalue weighted by Crippen LogP contribution is 2.26. The summed E-state index contributed by atoms with van der Waals surface area (Å²) >= 11 is 1.62. The molecule has 8 nitrogen and oxygen atoms in total. The molecule has 0 amide bonds. The summed E-state index contributed by atoms with van der Waals surface area (Å²) in [4.78, 5) is 4.44. The molecule has 0 saturated carbocycles. The summed E-state index contributed by atoms with van der Waals surface area (Å²) in [6, 6.07) is 4.38. The molecular weight excluding hydrogens is 300 g/mol. The van der Waals surface area contributed by atoms with E-state index in [0.717, 1.165) is 40.5 Å². The quantitative estimate of drug-likeness (QED) is 0.711. The van der Waals surface area contributed by atoms with Crippen LogP contribution >= 0.6 is 11.3 Å². The number of aryl methyl sites for hydroxylation is 2. The van der Waals surface area contributed by atoms with Crippen molar-refractivity contribution >= 4 is 27.9 Å². The predicted octanol–water partition coefficient (Wildman–Crippen LogP) is 0.918. The molecule has 114 valence electrons. The van der Waals surface area contributed by atoms with Crippen molar-refractivity contribution in [2.75, 3.05) is 29.9 Å². The normalized spacial score (nSPS) is 15.3. The van der Waals surface area contributed by atoms with Crippen molar-refractivity contribution in [1.82, 2.24) is 30.0 Å². The van der Waals surface area contributed by atoms with E-state index in [9.17, 15) is 0 Å². The highest BCUT2D eigenvalue weighted by molar-refractivity contribution is 7.15. The van der Waals surface area contributed by atoms with Gasteiger partial charge < -0.3 is 9.80 Å². The molecule has 3 aromatic rings. The third kappa shape index (κ3) is 2.08. The van der Waals surface area contributed by atoms with Crippen molar-refractivity contribution in [2.24, 2.45) is 0 Å². The summed E-state index contributed by atoms with van der Waals surface area (Å²) in [6.45, 7) is 5.73. The molecule has 0 aromatic carbocycles. The van der Waals surface area contributed by atoms with Gasteiger partial charge in [0.2, 0.25) is 5.13 Å². The van der Waals surface area contributed by atoms with E-state index in [0.29, 0.717) is 6.04 Å². The van der Waals surface area contributed by atoms with E-state index in [4.69, 9.17) is 0 Å². The summed E-state index contributed by atoms with van der Waals surface area (Å²) < 4.78 is 1.78. The van der Waals surface area contributed by atoms with Crippen molar-refractivity contribution in [2.45, 2.75) is 19.9 Å². The van der Waals surface area contributed by atoms with Gasteiger partial charge in [-0.25, -0.2) is 0 Å². The molecule has 1 fully saturated rings. The number of hydrogen-bond donors (Lipinski definition) is 0. The third-order valence-corrected chi connectivity index (χ3v) is 4.88. The maximum Gasteiger partial charge on any atom is 0.208 e. The van der Waals surface area contributed by atoms with E-state index in [1.807, 2.05) is 26.0 Å². The van der Waals surface area contributed by atoms with E-state index in [1.165, 1.54) is 0 Å². The second kappa shape index (κ2) is 4.87. The van der Waals surface area contributed by atoms with Gasteiger partial charge in [0.15, 0.2) is 11.5 Å². The van der Waals surface area contributed by atoms with E-state index in [2.05, 4.69) is 42.3 Å². The van der Waals surface area contributed by atoms with Gasteiger partial charge in [-0.1, -0.05) is 11.3 Å². The van der Waals surface area contributed by atoms with Crippen molar-refractivity contribution in [3.05, 3.63) is 23.0 Å². The molecule has 0 aliphatic carbocycles. The molecule has 4 rings (SSSR count). The average molecular weight is 316 g/mol. The number of anilines is 2. The van der Waals surface area contributed by atoms with Gasteiger partial charge in [-0.15, -0.1) is 25.5 Å². The lowest BCUT2D eigenvalue weighted by Crippen LogP contribution is -2.59. The van der Waals surface area contributed by atoms with Crippen molar-refractivity contribution in [3.8, 4) is 0 Å². The van der Waals surface area contributed by atoms with Gasteiger partial charge in [-0.2, -0.15) is 4.52 Å². The molecule has 0 unspecified atom stereocenters. The second-order valence-electron chi connectivity index (χ2n) is 5.48. The van der Waals surface area contributed by atoms with Crippen LogP contribution < -0.4 is 9.80 Å². The largest absolute Gasteiger partial charge is 0.351 e. The smallest absolute Gasteiger partial charge is 0.208 e. The van der Waals surface area contributed by atoms with Crippen LogP contribution in [0.15, 0.2) is 12.1 Å². The van der Waals surface area contributed by atoms with Gasteiger partial charge in [0.05, 0.1) is 6.04 Å². The average Bonchev–Trinajstić information content (AvgIpc) is 3.04. The molecule has 1 aliphatic rings. The number of rotatable bonds is 3. The summed E-state index contributed by atoms with van der Waals surface area (Å²) in [5.41, 5.74) is 0.778. The lowest BCUT2D eigenvalue weighted by Gasteiger charge is -2.44. The van der Waals surface area contributed by atoms with Gasteiger partial charge >= 0.3 is 0 Å². The lowest BCUT2D eigenvalue weighted by molar-refractivity contribution is 0.488. The molecule has 0 radical (unpaired) electrons. The zero-order valence-corrected chi connectivity index (χ0v) is 13.4. The number of aromatic nitrogens is 6. The Bertz CT molecular complexity index is 818. The first-order valence-electron chi connectivity index (χ1n) is 7.09. The summed E-state index contributed by atoms with van der Waals surface area (Å²) in [6.07, 6.45) is 0. The summed E-state index contributed by atoms with van der Waals surface area (Å²) in [7, 11) is 2.07. The van der Waals surface area contributed by atoms with Crippen LogP contribution in [-0.4, -0.2) is 56.2 Å². The third-order valence-electron chi connectivity index (χ3n) is 3.96. The van der Waals surface area contributed by atoms with Crippen LogP contribution in [0.25, 0.3) is 5.65 Å². The molecule has 0 bridgehead atoms. The maximum absolute atomic E-state index is 4.60. The maximum atomic E-state index is 4.60. The fourth-order valence-electron chi connectivity index (χ4n) is 2.53. The highest BCUT2D eigenvalue weighted by Gasteiger charge is 2.32. The Kier molecular flexibility index (Phi) is 2.96. The Morgan fingerprint density at radius 2 is 1.95 bits per heavy atom. The molecule has 3 aromatic heterocycles. The van der Waals surface area contributed by atoms with E-state index >= 15 is 0 Å². The van der Waals surface area contributed by atoms with Crippen LogP contribution in [0.4, 0.5) is 10.9 Å². The van der Waals surface area contributed by atoms with Gasteiger partial charge in [0.1, 0.15) is 10.8 Å². The molecular formula is C13H16N8S. The Morgan fingerprint density at radius 3 is 2.68 bits per heavy atom. The summed E-state index contributed by atoms with van der Waals surface area (Å²) in [5, 5.41) is 22.9. The topological polar surface area (TPSA) is 75.3 Å². The van der Waals surface area contributed by atoms with Crippen LogP contribution in [0, 0.1) is 13.8 Å². The van der Waals surface area contributed by atoms with E-state index in [1.54, 1.807) is 15.9 Å². The first-order valence-corrected chi connectivity index (χ1v) is 7.90. The Balaban J connectivity index is 1.48. The van der Waals surface area contributed by atoms with Gasteiger partial charge in [-0.05, 0) is 26.0 Å². The van der Waals surface area contributed by atoms with Crippen molar-refractivity contribution in [3.63, 3.8) is 0 Å². The van der Waals surface area contributed by atoms with Gasteiger partial charge in [0.25, 0.3) is 0 Å². The van der Waals surface area contributed by atoms with Crippen LogP contribution in [-0.2, 0) is 0 Å². The molecule has 9 heteroatoms. The fourth-order valence-corrected chi connectivity index (χ4v) is 3.25. The van der Waals surface area contributed by atoms with Crippen LogP contribution in [0.2, 0.25) is 0 Å². The second-order valence-corrected chi connectivity index (χ2v) is 6.64. The molecule has 4 heterocycles. The number of hydrogen-bond acceptors (Lipinski definition) is 8. The lowest BCUT2D eigenvalue weighted by atomic mass is 10.1. The van der Waals surface area contributed by atoms with E-state index in [-0.39, 0.29) is 0 Å². The zero-order chi connectivity index (χ0) is 15.3. The number of likely N-dealkylation sites (N-methyl/N-ethyl adjacent to an activating group) is 1. The molecule has 0 spiro atoms. The standard InChI is InChI=1S/C13H16N8S/c1-8-14-16-11-4-5-12(18-21(8)11)20-6-10(7-20)19(3)13-17-15-9(2)22-13/h4-5,10H,6-7H2,1-3H3. The monoisotopic (exact) mass is 316 g/mol. The Morgan fingerprint density at radius 1 is 1.14 bits per heavy atom. The molecule has 1 aliphatic heterocycles. The van der Waals surface area contributed by atoms with Crippen molar-refractivity contribution in [1.29, 1.82) is 0 Å². The van der Waals surface area contributed by atoms with Gasteiger partial charge in [-0.3, -0.25) is 0 Å². The molecule has 0 N–H and O–H groups in total. The minimum Gasteiger partial charge on any atom is -0.351 e. The molecule has 22 heavy (non-hydrogen) atoms. The van der Waals surface area contributed by atoms with E-state index < -0.39 is 0 Å². The number of fused-ring (bicyclic) bond motifs is 1. The van der Waals surface area contributed by atoms with Crippen LogP contribution in [0.1, 0.15) is 10.8 Å². The first kappa shape index (κ1) is 13.4. The first-order chi connectivity index (χ1) is 10.6. The fraction of sp³-hybridized carbons (Fsp3) is 0.462. The highest BCUT2D eigenvalue weighted by atomic mass is 32.1. The minimum absolute atomic E-state index is 0.437. The predicted molar refractivity (Wildman–Crippen MR) is 84.6 cm³/mol. The summed E-state index contributed by atoms with van der Waals surface area (Å²) in [5.74, 6) is 1.75. The van der Waals surface area contributed by atoms with Crippen molar-refractivity contribution < 1.29 is 0 Å².